The second-order valence-corrected chi connectivity index (χ2v) is 7.67. The van der Waals surface area contributed by atoms with Crippen LogP contribution in [0.5, 0.6) is 0 Å². The SMILES string of the molecule is Cc1ccccc1CC(=O)Nc1ccc(S(=O)(=O)NC(C)C)cc1. The van der Waals surface area contributed by atoms with Crippen molar-refractivity contribution in [3.05, 3.63) is 59.7 Å². The van der Waals surface area contributed by atoms with Gasteiger partial charge in [-0.3, -0.25) is 4.79 Å². The Labute approximate surface area is 143 Å². The zero-order valence-electron chi connectivity index (χ0n) is 14.0. The predicted molar refractivity (Wildman–Crippen MR) is 95.4 cm³/mol. The van der Waals surface area contributed by atoms with Gasteiger partial charge in [0.1, 0.15) is 0 Å². The van der Waals surface area contributed by atoms with Crippen molar-refractivity contribution in [3.8, 4) is 0 Å². The van der Waals surface area contributed by atoms with Crippen molar-refractivity contribution in [2.45, 2.75) is 38.1 Å². The molecule has 24 heavy (non-hydrogen) atoms. The summed E-state index contributed by atoms with van der Waals surface area (Å²) in [6, 6.07) is 13.7. The molecule has 0 saturated carbocycles. The Morgan fingerprint density at radius 1 is 1.04 bits per heavy atom. The molecule has 0 aliphatic rings. The maximum Gasteiger partial charge on any atom is 0.240 e. The number of sulfonamides is 1. The maximum atomic E-state index is 12.1. The number of hydrogen-bond acceptors (Lipinski definition) is 3. The highest BCUT2D eigenvalue weighted by Gasteiger charge is 2.15. The van der Waals surface area contributed by atoms with Crippen molar-refractivity contribution in [3.63, 3.8) is 0 Å². The third-order valence-corrected chi connectivity index (χ3v) is 5.13. The van der Waals surface area contributed by atoms with E-state index in [1.54, 1.807) is 26.0 Å². The van der Waals surface area contributed by atoms with E-state index in [0.717, 1.165) is 11.1 Å². The number of benzene rings is 2. The Bertz CT molecular complexity index is 812. The highest BCUT2D eigenvalue weighted by atomic mass is 32.2. The highest BCUT2D eigenvalue weighted by molar-refractivity contribution is 7.89. The smallest absolute Gasteiger partial charge is 0.240 e. The van der Waals surface area contributed by atoms with Gasteiger partial charge < -0.3 is 5.32 Å². The summed E-state index contributed by atoms with van der Waals surface area (Å²) in [5, 5.41) is 2.78. The molecule has 0 aliphatic carbocycles. The van der Waals surface area contributed by atoms with Crippen LogP contribution in [0.4, 0.5) is 5.69 Å². The highest BCUT2D eigenvalue weighted by Crippen LogP contribution is 2.15. The van der Waals surface area contributed by atoms with E-state index in [4.69, 9.17) is 0 Å². The van der Waals surface area contributed by atoms with Gasteiger partial charge in [0.25, 0.3) is 0 Å². The third kappa shape index (κ3) is 4.91. The first-order valence-corrected chi connectivity index (χ1v) is 9.23. The van der Waals surface area contributed by atoms with Crippen LogP contribution in [0, 0.1) is 6.92 Å². The summed E-state index contributed by atoms with van der Waals surface area (Å²) in [6.07, 6.45) is 0.279. The number of nitrogens with one attached hydrogen (secondary N) is 2. The quantitative estimate of drug-likeness (QED) is 0.844. The molecule has 2 rings (SSSR count). The zero-order chi connectivity index (χ0) is 17.7. The third-order valence-electron chi connectivity index (χ3n) is 3.45. The van der Waals surface area contributed by atoms with Crippen LogP contribution in [0.1, 0.15) is 25.0 Å². The van der Waals surface area contributed by atoms with Crippen LogP contribution in [0.25, 0.3) is 0 Å². The van der Waals surface area contributed by atoms with E-state index >= 15 is 0 Å². The minimum atomic E-state index is -3.52. The van der Waals surface area contributed by atoms with E-state index in [9.17, 15) is 13.2 Å². The van der Waals surface area contributed by atoms with Gasteiger partial charge in [0, 0.05) is 11.7 Å². The molecule has 0 heterocycles. The summed E-state index contributed by atoms with van der Waals surface area (Å²) in [5.74, 6) is -0.139. The van der Waals surface area contributed by atoms with E-state index in [1.807, 2.05) is 31.2 Å². The number of hydrogen-bond donors (Lipinski definition) is 2. The van der Waals surface area contributed by atoms with Gasteiger partial charge in [0.05, 0.1) is 11.3 Å². The molecule has 6 heteroatoms. The van der Waals surface area contributed by atoms with E-state index in [-0.39, 0.29) is 23.3 Å². The van der Waals surface area contributed by atoms with Crippen LogP contribution in [-0.4, -0.2) is 20.4 Å². The molecule has 0 unspecified atom stereocenters. The lowest BCUT2D eigenvalue weighted by Crippen LogP contribution is -2.30. The molecule has 0 atom stereocenters. The fraction of sp³-hybridized carbons (Fsp3) is 0.278. The second kappa shape index (κ2) is 7.59. The molecule has 0 aromatic heterocycles. The van der Waals surface area contributed by atoms with Gasteiger partial charge >= 0.3 is 0 Å². The molecule has 0 fully saturated rings. The van der Waals surface area contributed by atoms with Crippen LogP contribution in [0.2, 0.25) is 0 Å². The largest absolute Gasteiger partial charge is 0.326 e. The molecule has 2 aromatic rings. The van der Waals surface area contributed by atoms with E-state index in [0.29, 0.717) is 5.69 Å². The minimum Gasteiger partial charge on any atom is -0.326 e. The van der Waals surface area contributed by atoms with Gasteiger partial charge in [0.2, 0.25) is 15.9 Å². The number of amides is 1. The standard InChI is InChI=1S/C18H22N2O3S/c1-13(2)20-24(22,23)17-10-8-16(9-11-17)19-18(21)12-15-7-5-4-6-14(15)3/h4-11,13,20H,12H2,1-3H3,(H,19,21). The molecule has 2 aromatic carbocycles. The van der Waals surface area contributed by atoms with Crippen molar-refractivity contribution in [1.82, 2.24) is 4.72 Å². The lowest BCUT2D eigenvalue weighted by Gasteiger charge is -2.11. The van der Waals surface area contributed by atoms with Crippen molar-refractivity contribution in [2.24, 2.45) is 0 Å². The zero-order valence-corrected chi connectivity index (χ0v) is 14.9. The Balaban J connectivity index is 2.04. The van der Waals surface area contributed by atoms with Crippen molar-refractivity contribution in [1.29, 1.82) is 0 Å². The summed E-state index contributed by atoms with van der Waals surface area (Å²) < 4.78 is 26.6. The normalized spacial score (nSPS) is 11.5. The maximum absolute atomic E-state index is 12.1. The number of carbonyl (C=O) groups is 1. The van der Waals surface area contributed by atoms with Gasteiger partial charge in [0.15, 0.2) is 0 Å². The van der Waals surface area contributed by atoms with Crippen LogP contribution in [-0.2, 0) is 21.2 Å². The molecule has 0 aliphatic heterocycles. The fourth-order valence-corrected chi connectivity index (χ4v) is 3.53. The lowest BCUT2D eigenvalue weighted by atomic mass is 10.1. The van der Waals surface area contributed by atoms with E-state index in [2.05, 4.69) is 10.0 Å². The minimum absolute atomic E-state index is 0.139. The summed E-state index contributed by atoms with van der Waals surface area (Å²) in [4.78, 5) is 12.3. The summed E-state index contributed by atoms with van der Waals surface area (Å²) in [7, 11) is -3.52. The second-order valence-electron chi connectivity index (χ2n) is 5.95. The first kappa shape index (κ1) is 18.2. The van der Waals surface area contributed by atoms with Crippen LogP contribution in [0.15, 0.2) is 53.4 Å². The average molecular weight is 346 g/mol. The molecule has 0 bridgehead atoms. The molecule has 128 valence electrons. The number of anilines is 1. The Hall–Kier alpha value is -2.18. The molecular weight excluding hydrogens is 324 g/mol. The van der Waals surface area contributed by atoms with Gasteiger partial charge in [-0.05, 0) is 56.2 Å². The van der Waals surface area contributed by atoms with E-state index < -0.39 is 10.0 Å². The summed E-state index contributed by atoms with van der Waals surface area (Å²) in [6.45, 7) is 5.49. The Morgan fingerprint density at radius 3 is 2.25 bits per heavy atom. The summed E-state index contributed by atoms with van der Waals surface area (Å²) >= 11 is 0. The molecule has 5 nitrogen and oxygen atoms in total. The number of rotatable bonds is 6. The van der Waals surface area contributed by atoms with Crippen molar-refractivity contribution >= 4 is 21.6 Å². The van der Waals surface area contributed by atoms with Crippen molar-refractivity contribution < 1.29 is 13.2 Å². The van der Waals surface area contributed by atoms with Gasteiger partial charge in [-0.25, -0.2) is 13.1 Å². The topological polar surface area (TPSA) is 75.3 Å². The van der Waals surface area contributed by atoms with Crippen LogP contribution in [0.3, 0.4) is 0 Å². The summed E-state index contributed by atoms with van der Waals surface area (Å²) in [5.41, 5.74) is 2.60. The molecule has 0 saturated heterocycles. The predicted octanol–water partition coefficient (Wildman–Crippen LogP) is 2.86. The first-order chi connectivity index (χ1) is 11.3. The van der Waals surface area contributed by atoms with Gasteiger partial charge in [-0.2, -0.15) is 0 Å². The average Bonchev–Trinajstić information content (AvgIpc) is 2.49. The van der Waals surface area contributed by atoms with Crippen LogP contribution >= 0.6 is 0 Å². The van der Waals surface area contributed by atoms with Gasteiger partial charge in [-0.15, -0.1) is 0 Å². The molecule has 2 N–H and O–H groups in total. The van der Waals surface area contributed by atoms with Crippen LogP contribution < -0.4 is 10.0 Å². The molecule has 1 amide bonds. The molecular formula is C18H22N2O3S. The Morgan fingerprint density at radius 2 is 1.67 bits per heavy atom. The monoisotopic (exact) mass is 346 g/mol. The molecule has 0 spiro atoms. The van der Waals surface area contributed by atoms with Gasteiger partial charge in [-0.1, -0.05) is 24.3 Å². The number of carbonyl (C=O) groups excluding carboxylic acids is 1. The van der Waals surface area contributed by atoms with Crippen molar-refractivity contribution in [2.75, 3.05) is 5.32 Å². The number of aryl methyl sites for hydroxylation is 1. The molecule has 0 radical (unpaired) electrons. The van der Waals surface area contributed by atoms with E-state index in [1.165, 1.54) is 12.1 Å². The first-order valence-electron chi connectivity index (χ1n) is 7.74. The lowest BCUT2D eigenvalue weighted by molar-refractivity contribution is -0.115. The fourth-order valence-electron chi connectivity index (χ4n) is 2.28. The Kier molecular flexibility index (Phi) is 5.75.